The van der Waals surface area contributed by atoms with E-state index >= 15 is 0 Å². The SMILES string of the molecule is Cc1cc(NCCCN)n2nc(-c3cccs3)cc2n1. The predicted octanol–water partition coefficient (Wildman–Crippen LogP) is 2.53. The molecule has 104 valence electrons. The first kappa shape index (κ1) is 13.1. The van der Waals surface area contributed by atoms with Crippen molar-refractivity contribution in [3.8, 4) is 10.6 Å². The van der Waals surface area contributed by atoms with Crippen molar-refractivity contribution in [2.45, 2.75) is 13.3 Å². The molecule has 0 fully saturated rings. The Morgan fingerprint density at radius 2 is 2.30 bits per heavy atom. The van der Waals surface area contributed by atoms with E-state index in [2.05, 4.69) is 26.8 Å². The standard InChI is InChI=1S/C14H17N5S/c1-10-8-13(16-6-3-5-15)19-14(17-10)9-11(18-19)12-4-2-7-20-12/h2,4,7-9,16H,3,5-6,15H2,1H3. The first-order valence-corrected chi connectivity index (χ1v) is 7.51. The van der Waals surface area contributed by atoms with Gasteiger partial charge in [-0.2, -0.15) is 9.61 Å². The summed E-state index contributed by atoms with van der Waals surface area (Å²) in [5.41, 5.74) is 8.33. The largest absolute Gasteiger partial charge is 0.370 e. The molecule has 0 bridgehead atoms. The van der Waals surface area contributed by atoms with E-state index in [4.69, 9.17) is 5.73 Å². The van der Waals surface area contributed by atoms with E-state index in [0.29, 0.717) is 6.54 Å². The third kappa shape index (κ3) is 2.52. The normalized spacial score (nSPS) is 11.1. The summed E-state index contributed by atoms with van der Waals surface area (Å²) in [5.74, 6) is 0.962. The lowest BCUT2D eigenvalue weighted by atomic mass is 10.3. The molecule has 0 aliphatic carbocycles. The highest BCUT2D eigenvalue weighted by molar-refractivity contribution is 7.13. The lowest BCUT2D eigenvalue weighted by Crippen LogP contribution is -2.11. The van der Waals surface area contributed by atoms with Gasteiger partial charge < -0.3 is 11.1 Å². The molecule has 5 nitrogen and oxygen atoms in total. The molecule has 0 unspecified atom stereocenters. The van der Waals surface area contributed by atoms with Gasteiger partial charge in [0.1, 0.15) is 11.5 Å². The zero-order valence-corrected chi connectivity index (χ0v) is 12.2. The maximum absolute atomic E-state index is 5.53. The molecule has 3 N–H and O–H groups in total. The van der Waals surface area contributed by atoms with E-state index in [0.717, 1.165) is 40.7 Å². The molecule has 0 saturated carbocycles. The number of anilines is 1. The van der Waals surface area contributed by atoms with E-state index in [1.807, 2.05) is 29.6 Å². The summed E-state index contributed by atoms with van der Waals surface area (Å²) in [6, 6.07) is 8.13. The van der Waals surface area contributed by atoms with Gasteiger partial charge in [-0.3, -0.25) is 0 Å². The molecule has 0 saturated heterocycles. The number of aromatic nitrogens is 3. The molecule has 0 aliphatic heterocycles. The summed E-state index contributed by atoms with van der Waals surface area (Å²) < 4.78 is 1.86. The molecule has 0 spiro atoms. The molecular weight excluding hydrogens is 270 g/mol. The molecule has 6 heteroatoms. The van der Waals surface area contributed by atoms with Gasteiger partial charge in [0.15, 0.2) is 5.65 Å². The van der Waals surface area contributed by atoms with Gasteiger partial charge in [0.05, 0.1) is 4.88 Å². The average molecular weight is 287 g/mol. The van der Waals surface area contributed by atoms with Crippen molar-refractivity contribution in [3.63, 3.8) is 0 Å². The Balaban J connectivity index is 2.01. The van der Waals surface area contributed by atoms with Crippen molar-refractivity contribution in [1.82, 2.24) is 14.6 Å². The van der Waals surface area contributed by atoms with Crippen molar-refractivity contribution >= 4 is 22.8 Å². The molecule has 20 heavy (non-hydrogen) atoms. The smallest absolute Gasteiger partial charge is 0.158 e. The molecule has 3 rings (SSSR count). The van der Waals surface area contributed by atoms with E-state index < -0.39 is 0 Å². The number of nitrogens with one attached hydrogen (secondary N) is 1. The van der Waals surface area contributed by atoms with Crippen LogP contribution in [-0.2, 0) is 0 Å². The highest BCUT2D eigenvalue weighted by Gasteiger charge is 2.10. The van der Waals surface area contributed by atoms with E-state index in [9.17, 15) is 0 Å². The Labute approximate surface area is 121 Å². The summed E-state index contributed by atoms with van der Waals surface area (Å²) in [7, 11) is 0. The van der Waals surface area contributed by atoms with Crippen LogP contribution in [-0.4, -0.2) is 27.7 Å². The van der Waals surface area contributed by atoms with Gasteiger partial charge in [0.2, 0.25) is 0 Å². The minimum absolute atomic E-state index is 0.680. The number of nitrogens with zero attached hydrogens (tertiary/aromatic N) is 3. The van der Waals surface area contributed by atoms with Crippen LogP contribution in [0.2, 0.25) is 0 Å². The molecule has 0 aliphatic rings. The van der Waals surface area contributed by atoms with Gasteiger partial charge >= 0.3 is 0 Å². The van der Waals surface area contributed by atoms with Crippen LogP contribution >= 0.6 is 11.3 Å². The zero-order chi connectivity index (χ0) is 13.9. The Morgan fingerprint density at radius 3 is 3.05 bits per heavy atom. The fourth-order valence-corrected chi connectivity index (χ4v) is 2.77. The molecule has 3 aromatic heterocycles. The highest BCUT2D eigenvalue weighted by Crippen LogP contribution is 2.25. The molecule has 3 heterocycles. The average Bonchev–Trinajstić information content (AvgIpc) is 3.06. The van der Waals surface area contributed by atoms with Gasteiger partial charge in [0.25, 0.3) is 0 Å². The maximum atomic E-state index is 5.53. The number of hydrogen-bond acceptors (Lipinski definition) is 5. The minimum atomic E-state index is 0.680. The fraction of sp³-hybridized carbons (Fsp3) is 0.286. The summed E-state index contributed by atoms with van der Waals surface area (Å²) in [6.07, 6.45) is 0.932. The van der Waals surface area contributed by atoms with Crippen LogP contribution < -0.4 is 11.1 Å². The monoisotopic (exact) mass is 287 g/mol. The third-order valence-corrected chi connectivity index (χ3v) is 3.91. The number of thiophene rings is 1. The van der Waals surface area contributed by atoms with E-state index in [1.165, 1.54) is 0 Å². The highest BCUT2D eigenvalue weighted by atomic mass is 32.1. The second-order valence-corrected chi connectivity index (χ2v) is 5.58. The van der Waals surface area contributed by atoms with Gasteiger partial charge in [-0.1, -0.05) is 6.07 Å². The van der Waals surface area contributed by atoms with Crippen molar-refractivity contribution in [2.24, 2.45) is 5.73 Å². The van der Waals surface area contributed by atoms with Crippen molar-refractivity contribution in [1.29, 1.82) is 0 Å². The third-order valence-electron chi connectivity index (χ3n) is 3.02. The topological polar surface area (TPSA) is 68.2 Å². The van der Waals surface area contributed by atoms with Crippen LogP contribution in [0.1, 0.15) is 12.1 Å². The second-order valence-electron chi connectivity index (χ2n) is 4.63. The maximum Gasteiger partial charge on any atom is 0.158 e. The lowest BCUT2D eigenvalue weighted by molar-refractivity contribution is 0.851. The molecular formula is C14H17N5S. The van der Waals surface area contributed by atoms with Crippen molar-refractivity contribution < 1.29 is 0 Å². The Hall–Kier alpha value is -1.92. The van der Waals surface area contributed by atoms with Gasteiger partial charge in [-0.25, -0.2) is 4.98 Å². The second kappa shape index (κ2) is 5.60. The number of rotatable bonds is 5. The molecule has 0 radical (unpaired) electrons. The van der Waals surface area contributed by atoms with Crippen molar-refractivity contribution in [3.05, 3.63) is 35.3 Å². The van der Waals surface area contributed by atoms with Crippen LogP contribution in [0.5, 0.6) is 0 Å². The predicted molar refractivity (Wildman–Crippen MR) is 83.2 cm³/mol. The summed E-state index contributed by atoms with van der Waals surface area (Å²) in [5, 5.41) is 10.1. The lowest BCUT2D eigenvalue weighted by Gasteiger charge is -2.08. The fourth-order valence-electron chi connectivity index (χ4n) is 2.09. The number of fused-ring (bicyclic) bond motifs is 1. The molecule has 0 amide bonds. The van der Waals surface area contributed by atoms with E-state index in [-0.39, 0.29) is 0 Å². The first-order valence-electron chi connectivity index (χ1n) is 6.63. The van der Waals surface area contributed by atoms with Crippen LogP contribution in [0.15, 0.2) is 29.6 Å². The van der Waals surface area contributed by atoms with Crippen LogP contribution in [0, 0.1) is 6.92 Å². The van der Waals surface area contributed by atoms with Gasteiger partial charge in [-0.05, 0) is 31.3 Å². The van der Waals surface area contributed by atoms with Crippen LogP contribution in [0.3, 0.4) is 0 Å². The van der Waals surface area contributed by atoms with Crippen LogP contribution in [0.25, 0.3) is 16.2 Å². The minimum Gasteiger partial charge on any atom is -0.370 e. The van der Waals surface area contributed by atoms with Gasteiger partial charge in [-0.15, -0.1) is 11.3 Å². The van der Waals surface area contributed by atoms with E-state index in [1.54, 1.807) is 11.3 Å². The number of nitrogens with two attached hydrogens (primary N) is 1. The molecule has 3 aromatic rings. The summed E-state index contributed by atoms with van der Waals surface area (Å²) in [6.45, 7) is 3.51. The summed E-state index contributed by atoms with van der Waals surface area (Å²) >= 11 is 1.68. The zero-order valence-electron chi connectivity index (χ0n) is 11.3. The molecule has 0 atom stereocenters. The number of aryl methyl sites for hydroxylation is 1. The number of hydrogen-bond donors (Lipinski definition) is 2. The summed E-state index contributed by atoms with van der Waals surface area (Å²) in [4.78, 5) is 5.69. The van der Waals surface area contributed by atoms with Crippen molar-refractivity contribution in [2.75, 3.05) is 18.4 Å². The Bertz CT molecular complexity index is 702. The van der Waals surface area contributed by atoms with Gasteiger partial charge in [0, 0.05) is 24.4 Å². The quantitative estimate of drug-likeness (QED) is 0.708. The van der Waals surface area contributed by atoms with Crippen LogP contribution in [0.4, 0.5) is 5.82 Å². The first-order chi connectivity index (χ1) is 9.78. The molecule has 0 aromatic carbocycles. The Morgan fingerprint density at radius 1 is 1.40 bits per heavy atom. The Kier molecular flexibility index (Phi) is 3.66.